The molecule has 4 nitrogen and oxygen atoms in total. The Morgan fingerprint density at radius 1 is 0.962 bits per heavy atom. The summed E-state index contributed by atoms with van der Waals surface area (Å²) in [7, 11) is 0. The van der Waals surface area contributed by atoms with E-state index in [1.807, 2.05) is 36.9 Å². The summed E-state index contributed by atoms with van der Waals surface area (Å²) in [6, 6.07) is 19.1. The number of nitrogens with zero attached hydrogens (tertiary/aromatic N) is 2. The van der Waals surface area contributed by atoms with Crippen molar-refractivity contribution in [3.05, 3.63) is 65.7 Å². The summed E-state index contributed by atoms with van der Waals surface area (Å²) in [4.78, 5) is 16.9. The number of carbonyl (C=O) groups excluding carboxylic acids is 1. The van der Waals surface area contributed by atoms with E-state index in [-0.39, 0.29) is 6.03 Å². The molecule has 0 spiro atoms. The summed E-state index contributed by atoms with van der Waals surface area (Å²) in [5.74, 6) is 0. The fourth-order valence-electron chi connectivity index (χ4n) is 3.75. The van der Waals surface area contributed by atoms with Gasteiger partial charge in [0.15, 0.2) is 0 Å². The second-order valence-electron chi connectivity index (χ2n) is 6.71. The molecule has 1 fully saturated rings. The highest BCUT2D eigenvalue weighted by atomic mass is 16.2. The van der Waals surface area contributed by atoms with Gasteiger partial charge in [-0.2, -0.15) is 0 Å². The van der Waals surface area contributed by atoms with Gasteiger partial charge in [-0.25, -0.2) is 4.79 Å². The number of urea groups is 1. The van der Waals surface area contributed by atoms with Gasteiger partial charge in [-0.15, -0.1) is 0 Å². The Kier molecular flexibility index (Phi) is 6.29. The fourth-order valence-corrected chi connectivity index (χ4v) is 3.75. The van der Waals surface area contributed by atoms with Crippen LogP contribution in [0.2, 0.25) is 0 Å². The van der Waals surface area contributed by atoms with Crippen LogP contribution in [0.5, 0.6) is 0 Å². The fraction of sp³-hybridized carbons (Fsp3) is 0.409. The average Bonchev–Trinajstić information content (AvgIpc) is 2.70. The standard InChI is InChI=1S/C20H23N3O.C2H6/c24-20-21-19-9-5-4-8-17(19)15-23(20)18-10-12-22(13-11-18)14-16-6-2-1-3-7-16;1-2/h1-9,18H,10-15H2,(H,21,24);1-2H3. The number of hydrogen-bond acceptors (Lipinski definition) is 2. The Labute approximate surface area is 156 Å². The lowest BCUT2D eigenvalue weighted by Gasteiger charge is -2.40. The van der Waals surface area contributed by atoms with Crippen LogP contribution in [0.15, 0.2) is 54.6 Å². The molecule has 4 rings (SSSR count). The first-order valence-corrected chi connectivity index (χ1v) is 9.71. The first-order chi connectivity index (χ1) is 12.8. The molecule has 0 saturated carbocycles. The zero-order valence-corrected chi connectivity index (χ0v) is 15.8. The van der Waals surface area contributed by atoms with Crippen LogP contribution in [0.1, 0.15) is 37.8 Å². The summed E-state index contributed by atoms with van der Waals surface area (Å²) in [5.41, 5.74) is 3.53. The Bertz CT molecular complexity index is 708. The van der Waals surface area contributed by atoms with Crippen LogP contribution in [0.3, 0.4) is 0 Å². The lowest BCUT2D eigenvalue weighted by atomic mass is 10.0. The van der Waals surface area contributed by atoms with Gasteiger partial charge < -0.3 is 10.2 Å². The van der Waals surface area contributed by atoms with Crippen LogP contribution in [0.4, 0.5) is 10.5 Å². The number of likely N-dealkylation sites (tertiary alicyclic amines) is 1. The van der Waals surface area contributed by atoms with E-state index in [9.17, 15) is 4.79 Å². The lowest BCUT2D eigenvalue weighted by Crippen LogP contribution is -2.49. The molecule has 0 atom stereocenters. The molecule has 2 aromatic carbocycles. The van der Waals surface area contributed by atoms with Crippen molar-refractivity contribution in [2.45, 2.75) is 45.8 Å². The molecule has 1 saturated heterocycles. The average molecular weight is 351 g/mol. The normalized spacial score (nSPS) is 17.8. The molecule has 0 unspecified atom stereocenters. The van der Waals surface area contributed by atoms with E-state index in [4.69, 9.17) is 0 Å². The Balaban J connectivity index is 0.000000948. The molecule has 0 aliphatic carbocycles. The van der Waals surface area contributed by atoms with Crippen molar-refractivity contribution in [3.63, 3.8) is 0 Å². The molecule has 2 aromatic rings. The SMILES string of the molecule is CC.O=C1Nc2ccccc2CN1C1CCN(Cc2ccccc2)CC1. The van der Waals surface area contributed by atoms with Crippen molar-refractivity contribution in [2.24, 2.45) is 0 Å². The second-order valence-corrected chi connectivity index (χ2v) is 6.71. The minimum Gasteiger partial charge on any atom is -0.317 e. The Morgan fingerprint density at radius 2 is 1.62 bits per heavy atom. The molecule has 2 aliphatic rings. The molecule has 26 heavy (non-hydrogen) atoms. The van der Waals surface area contributed by atoms with Gasteiger partial charge in [-0.1, -0.05) is 62.4 Å². The van der Waals surface area contributed by atoms with Gasteiger partial charge >= 0.3 is 6.03 Å². The number of nitrogens with one attached hydrogen (secondary N) is 1. The monoisotopic (exact) mass is 351 g/mol. The summed E-state index contributed by atoms with van der Waals surface area (Å²) in [5, 5.41) is 3.03. The highest BCUT2D eigenvalue weighted by Crippen LogP contribution is 2.27. The first kappa shape index (κ1) is 18.5. The quantitative estimate of drug-likeness (QED) is 0.868. The van der Waals surface area contributed by atoms with Gasteiger partial charge in [0, 0.05) is 37.9 Å². The molecular formula is C22H29N3O. The van der Waals surface area contributed by atoms with Gasteiger partial charge in [0.05, 0.1) is 0 Å². The van der Waals surface area contributed by atoms with Gasteiger partial charge in [-0.05, 0) is 30.0 Å². The Hall–Kier alpha value is -2.33. The van der Waals surface area contributed by atoms with Crippen LogP contribution < -0.4 is 5.32 Å². The molecule has 2 aliphatic heterocycles. The van der Waals surface area contributed by atoms with E-state index in [2.05, 4.69) is 46.6 Å². The third-order valence-electron chi connectivity index (χ3n) is 5.11. The van der Waals surface area contributed by atoms with Crippen LogP contribution in [-0.4, -0.2) is 35.0 Å². The van der Waals surface area contributed by atoms with Crippen molar-refractivity contribution in [1.82, 2.24) is 9.80 Å². The number of hydrogen-bond donors (Lipinski definition) is 1. The van der Waals surface area contributed by atoms with Gasteiger partial charge in [-0.3, -0.25) is 4.90 Å². The third kappa shape index (κ3) is 4.25. The van der Waals surface area contributed by atoms with Crippen molar-refractivity contribution in [2.75, 3.05) is 18.4 Å². The van der Waals surface area contributed by atoms with E-state index in [1.54, 1.807) is 0 Å². The maximum absolute atomic E-state index is 12.4. The zero-order valence-electron chi connectivity index (χ0n) is 15.8. The summed E-state index contributed by atoms with van der Waals surface area (Å²) >= 11 is 0. The molecular weight excluding hydrogens is 322 g/mol. The maximum atomic E-state index is 12.4. The number of carbonyl (C=O) groups is 1. The van der Waals surface area contributed by atoms with Crippen molar-refractivity contribution >= 4 is 11.7 Å². The summed E-state index contributed by atoms with van der Waals surface area (Å²) in [6.45, 7) is 7.82. The number of fused-ring (bicyclic) bond motifs is 1. The smallest absolute Gasteiger partial charge is 0.317 e. The van der Waals surface area contributed by atoms with Crippen molar-refractivity contribution in [1.29, 1.82) is 0 Å². The van der Waals surface area contributed by atoms with Crippen LogP contribution in [0.25, 0.3) is 0 Å². The molecule has 4 heteroatoms. The van der Waals surface area contributed by atoms with Crippen LogP contribution in [-0.2, 0) is 13.1 Å². The van der Waals surface area contributed by atoms with Crippen molar-refractivity contribution < 1.29 is 4.79 Å². The van der Waals surface area contributed by atoms with E-state index in [0.717, 1.165) is 44.7 Å². The maximum Gasteiger partial charge on any atom is 0.322 e. The number of anilines is 1. The second kappa shape index (κ2) is 8.86. The zero-order chi connectivity index (χ0) is 18.4. The third-order valence-corrected chi connectivity index (χ3v) is 5.11. The van der Waals surface area contributed by atoms with Crippen LogP contribution in [0, 0.1) is 0 Å². The number of benzene rings is 2. The van der Waals surface area contributed by atoms with E-state index in [1.165, 1.54) is 11.1 Å². The van der Waals surface area contributed by atoms with Crippen molar-refractivity contribution in [3.8, 4) is 0 Å². The Morgan fingerprint density at radius 3 is 2.35 bits per heavy atom. The molecule has 2 heterocycles. The number of amides is 2. The highest BCUT2D eigenvalue weighted by Gasteiger charge is 2.31. The molecule has 2 amide bonds. The molecule has 1 N–H and O–H groups in total. The minimum atomic E-state index is 0.0511. The number of para-hydroxylation sites is 1. The lowest BCUT2D eigenvalue weighted by molar-refractivity contribution is 0.118. The minimum absolute atomic E-state index is 0.0511. The van der Waals surface area contributed by atoms with E-state index in [0.29, 0.717) is 6.04 Å². The number of rotatable bonds is 3. The summed E-state index contributed by atoms with van der Waals surface area (Å²) < 4.78 is 0. The predicted octanol–water partition coefficient (Wildman–Crippen LogP) is 4.72. The van der Waals surface area contributed by atoms with Gasteiger partial charge in [0.2, 0.25) is 0 Å². The van der Waals surface area contributed by atoms with Crippen LogP contribution >= 0.6 is 0 Å². The first-order valence-electron chi connectivity index (χ1n) is 9.71. The largest absolute Gasteiger partial charge is 0.322 e. The molecule has 138 valence electrons. The topological polar surface area (TPSA) is 35.6 Å². The number of piperidine rings is 1. The highest BCUT2D eigenvalue weighted by molar-refractivity contribution is 5.92. The molecule has 0 bridgehead atoms. The van der Waals surface area contributed by atoms with E-state index >= 15 is 0 Å². The molecule has 0 radical (unpaired) electrons. The molecule has 0 aromatic heterocycles. The predicted molar refractivity (Wildman–Crippen MR) is 107 cm³/mol. The van der Waals surface area contributed by atoms with Gasteiger partial charge in [0.1, 0.15) is 0 Å². The van der Waals surface area contributed by atoms with Gasteiger partial charge in [0.25, 0.3) is 0 Å². The summed E-state index contributed by atoms with van der Waals surface area (Å²) in [6.07, 6.45) is 2.09. The van der Waals surface area contributed by atoms with E-state index < -0.39 is 0 Å².